The van der Waals surface area contributed by atoms with E-state index in [0.29, 0.717) is 6.26 Å². The van der Waals surface area contributed by atoms with Gasteiger partial charge in [-0.05, 0) is 0 Å². The van der Waals surface area contributed by atoms with Gasteiger partial charge in [-0.2, -0.15) is 8.42 Å². The summed E-state index contributed by atoms with van der Waals surface area (Å²) in [6, 6.07) is 0. The predicted octanol–water partition coefficient (Wildman–Crippen LogP) is -1.34. The molecule has 0 amide bonds. The summed E-state index contributed by atoms with van der Waals surface area (Å²) >= 11 is 0. The quantitative estimate of drug-likeness (QED) is 0.359. The third kappa shape index (κ3) is 5.29. The molecule has 3 unspecified atom stereocenters. The molecule has 1 aliphatic heterocycles. The largest absolute Gasteiger partial charge is 0.268 e. The highest BCUT2D eigenvalue weighted by atomic mass is 32.3. The number of halogens is 1. The molecule has 0 bridgehead atoms. The van der Waals surface area contributed by atoms with Gasteiger partial charge in [-0.15, -0.1) is 3.89 Å². The SMILES string of the molecule is C=S(=O)(F)OC1CS(=O)(=O)CC1OS(C)(=O)=O. The van der Waals surface area contributed by atoms with Crippen molar-refractivity contribution in [2.24, 2.45) is 0 Å². The highest BCUT2D eigenvalue weighted by Gasteiger charge is 2.42. The van der Waals surface area contributed by atoms with Crippen molar-refractivity contribution in [1.29, 1.82) is 0 Å². The highest BCUT2D eigenvalue weighted by Crippen LogP contribution is 2.22. The average Bonchev–Trinajstić information content (AvgIpc) is 2.17. The minimum absolute atomic E-state index is 0.639. The van der Waals surface area contributed by atoms with Crippen LogP contribution in [-0.2, 0) is 38.5 Å². The normalized spacial score (nSPS) is 32.1. The van der Waals surface area contributed by atoms with Gasteiger partial charge in [0, 0.05) is 5.87 Å². The van der Waals surface area contributed by atoms with Gasteiger partial charge in [-0.25, -0.2) is 12.6 Å². The Hall–Kier alpha value is -0.230. The minimum Gasteiger partial charge on any atom is -0.268 e. The van der Waals surface area contributed by atoms with E-state index in [4.69, 9.17) is 0 Å². The first-order valence-electron chi connectivity index (χ1n) is 4.22. The Labute approximate surface area is 99.5 Å². The molecule has 0 radical (unpaired) electrons. The lowest BCUT2D eigenvalue weighted by Gasteiger charge is -2.16. The van der Waals surface area contributed by atoms with Crippen LogP contribution < -0.4 is 0 Å². The van der Waals surface area contributed by atoms with Crippen molar-refractivity contribution >= 4 is 36.0 Å². The zero-order chi connectivity index (χ0) is 13.5. The lowest BCUT2D eigenvalue weighted by molar-refractivity contribution is 0.102. The maximum absolute atomic E-state index is 12.7. The van der Waals surface area contributed by atoms with Gasteiger partial charge >= 0.3 is 0 Å². The van der Waals surface area contributed by atoms with Crippen LogP contribution >= 0.6 is 0 Å². The summed E-state index contributed by atoms with van der Waals surface area (Å²) in [5.41, 5.74) is 0. The topological polar surface area (TPSA) is 104 Å². The van der Waals surface area contributed by atoms with Gasteiger partial charge in [0.25, 0.3) is 10.1 Å². The van der Waals surface area contributed by atoms with Crippen molar-refractivity contribution in [2.45, 2.75) is 12.2 Å². The van der Waals surface area contributed by atoms with Gasteiger partial charge in [-0.1, -0.05) is 0 Å². The molecular weight excluding hydrogens is 299 g/mol. The molecule has 0 saturated carbocycles. The van der Waals surface area contributed by atoms with Gasteiger partial charge in [0.2, 0.25) is 10.2 Å². The van der Waals surface area contributed by atoms with Crippen molar-refractivity contribution in [1.82, 2.24) is 0 Å². The zero-order valence-corrected chi connectivity index (χ0v) is 11.2. The van der Waals surface area contributed by atoms with Crippen LogP contribution in [0.4, 0.5) is 3.89 Å². The van der Waals surface area contributed by atoms with Gasteiger partial charge in [0.1, 0.15) is 12.2 Å². The van der Waals surface area contributed by atoms with Crippen molar-refractivity contribution in [3.63, 3.8) is 0 Å². The lowest BCUT2D eigenvalue weighted by atomic mass is 10.3. The first-order chi connectivity index (χ1) is 7.38. The minimum atomic E-state index is -4.39. The molecule has 1 rings (SSSR count). The van der Waals surface area contributed by atoms with E-state index in [1.807, 2.05) is 0 Å². The Bertz CT molecular complexity index is 540. The molecule has 1 fully saturated rings. The summed E-state index contributed by atoms with van der Waals surface area (Å²) in [7, 11) is -11.9. The summed E-state index contributed by atoms with van der Waals surface area (Å²) in [5, 5.41) is 0. The van der Waals surface area contributed by atoms with E-state index in [2.05, 4.69) is 14.2 Å². The van der Waals surface area contributed by atoms with Crippen LogP contribution in [0.3, 0.4) is 0 Å². The highest BCUT2D eigenvalue weighted by molar-refractivity contribution is 7.92. The Morgan fingerprint density at radius 2 is 1.59 bits per heavy atom. The standard InChI is InChI=1S/C6H11FO7S3/c1-15(7,8)13-5-3-17(11,12)4-6(5)14-16(2,9)10/h5-6H,1,3-4H2,2H3. The fourth-order valence-corrected chi connectivity index (χ4v) is 4.45. The van der Waals surface area contributed by atoms with E-state index in [0.717, 1.165) is 0 Å². The molecule has 7 nitrogen and oxygen atoms in total. The van der Waals surface area contributed by atoms with Crippen LogP contribution in [0.1, 0.15) is 0 Å². The van der Waals surface area contributed by atoms with E-state index >= 15 is 0 Å². The molecule has 17 heavy (non-hydrogen) atoms. The first-order valence-corrected chi connectivity index (χ1v) is 9.41. The monoisotopic (exact) mass is 310 g/mol. The molecule has 3 atom stereocenters. The molecule has 1 heterocycles. The number of hydrogen-bond acceptors (Lipinski definition) is 7. The predicted molar refractivity (Wildman–Crippen MR) is 59.6 cm³/mol. The first kappa shape index (κ1) is 14.8. The molecule has 0 N–H and O–H groups in total. The van der Waals surface area contributed by atoms with Crippen molar-refractivity contribution in [2.75, 3.05) is 17.8 Å². The van der Waals surface area contributed by atoms with Crippen LogP contribution in [0.5, 0.6) is 0 Å². The summed E-state index contributed by atoms with van der Waals surface area (Å²) in [5.74, 6) is 1.25. The lowest BCUT2D eigenvalue weighted by Crippen LogP contribution is -2.32. The van der Waals surface area contributed by atoms with Gasteiger partial charge in [0.05, 0.1) is 17.8 Å². The fraction of sp³-hybridized carbons (Fsp3) is 0.833. The fourth-order valence-electron chi connectivity index (χ4n) is 1.37. The molecule has 11 heteroatoms. The zero-order valence-electron chi connectivity index (χ0n) is 8.74. The molecule has 0 aromatic carbocycles. The molecular formula is C6H11FO7S3. The van der Waals surface area contributed by atoms with Crippen LogP contribution in [-0.4, -0.2) is 56.9 Å². The number of hydrogen-bond donors (Lipinski definition) is 0. The summed E-state index contributed by atoms with van der Waals surface area (Å²) < 4.78 is 76.3. The Kier molecular flexibility index (Phi) is 3.89. The molecule has 1 saturated heterocycles. The average molecular weight is 310 g/mol. The maximum atomic E-state index is 12.7. The molecule has 102 valence electrons. The second-order valence-corrected chi connectivity index (χ2v) is 8.61. The van der Waals surface area contributed by atoms with E-state index in [1.54, 1.807) is 0 Å². The van der Waals surface area contributed by atoms with Crippen molar-refractivity contribution in [3.05, 3.63) is 0 Å². The third-order valence-corrected chi connectivity index (χ3v) is 4.62. The molecule has 1 aliphatic rings. The van der Waals surface area contributed by atoms with E-state index < -0.39 is 53.9 Å². The van der Waals surface area contributed by atoms with Gasteiger partial charge in [-0.3, -0.25) is 8.37 Å². The van der Waals surface area contributed by atoms with Gasteiger partial charge < -0.3 is 0 Å². The molecule has 0 aliphatic carbocycles. The number of sulfone groups is 1. The van der Waals surface area contributed by atoms with E-state index in [-0.39, 0.29) is 0 Å². The van der Waals surface area contributed by atoms with Crippen LogP contribution in [0.25, 0.3) is 0 Å². The summed E-state index contributed by atoms with van der Waals surface area (Å²) in [6.07, 6.45) is -2.15. The Balaban J connectivity index is 2.94. The van der Waals surface area contributed by atoms with Crippen LogP contribution in [0.2, 0.25) is 0 Å². The summed E-state index contributed by atoms with van der Waals surface area (Å²) in [4.78, 5) is 0. The third-order valence-electron chi connectivity index (χ3n) is 1.82. The second kappa shape index (κ2) is 4.46. The van der Waals surface area contributed by atoms with E-state index in [1.165, 1.54) is 0 Å². The van der Waals surface area contributed by atoms with Crippen LogP contribution in [0, 0.1) is 0 Å². The van der Waals surface area contributed by atoms with E-state index in [9.17, 15) is 24.9 Å². The Morgan fingerprint density at radius 1 is 1.18 bits per heavy atom. The number of rotatable bonds is 4. The molecule has 0 aromatic heterocycles. The summed E-state index contributed by atoms with van der Waals surface area (Å²) in [6.45, 7) is 0. The molecule has 0 aromatic rings. The maximum Gasteiger partial charge on any atom is 0.264 e. The van der Waals surface area contributed by atoms with Crippen molar-refractivity contribution < 1.29 is 33.3 Å². The second-order valence-electron chi connectivity index (χ2n) is 3.59. The smallest absolute Gasteiger partial charge is 0.264 e. The van der Waals surface area contributed by atoms with Crippen LogP contribution in [0.15, 0.2) is 0 Å². The molecule has 0 spiro atoms. The van der Waals surface area contributed by atoms with Crippen molar-refractivity contribution in [3.8, 4) is 0 Å². The van der Waals surface area contributed by atoms with Gasteiger partial charge in [0.15, 0.2) is 9.84 Å². The Morgan fingerprint density at radius 3 is 1.94 bits per heavy atom.